The maximum Gasteiger partial charge on any atom is 0.309 e. The summed E-state index contributed by atoms with van der Waals surface area (Å²) in [6.07, 6.45) is -0.272. The van der Waals surface area contributed by atoms with Crippen LogP contribution in [0.2, 0.25) is 0 Å². The van der Waals surface area contributed by atoms with Crippen LogP contribution < -0.4 is 4.74 Å². The molecule has 116 valence electrons. The highest BCUT2D eigenvalue weighted by Crippen LogP contribution is 2.14. The van der Waals surface area contributed by atoms with Gasteiger partial charge in [-0.15, -0.1) is 0 Å². The van der Waals surface area contributed by atoms with Gasteiger partial charge in [0.15, 0.2) is 0 Å². The first-order valence-electron chi connectivity index (χ1n) is 6.75. The van der Waals surface area contributed by atoms with E-state index >= 15 is 0 Å². The van der Waals surface area contributed by atoms with Gasteiger partial charge in [0.05, 0.1) is 20.1 Å². The highest BCUT2D eigenvalue weighted by molar-refractivity contribution is 5.75. The van der Waals surface area contributed by atoms with Gasteiger partial charge in [0, 0.05) is 0 Å². The Balaban J connectivity index is 2.46. The number of esters is 1. The standard InChI is InChI=1S/C16H22O5/c1-16(2,3)21-15(18)9-14(10-17)20-11-12-5-7-13(19-4)8-6-12/h5-8,10,14H,9,11H2,1-4H3/t14-/m1/s1. The number of methoxy groups -OCH3 is 1. The van der Waals surface area contributed by atoms with Crippen molar-refractivity contribution in [3.8, 4) is 5.75 Å². The first-order chi connectivity index (χ1) is 9.84. The van der Waals surface area contributed by atoms with E-state index in [2.05, 4.69) is 0 Å². The number of rotatable bonds is 7. The number of ether oxygens (including phenoxy) is 3. The van der Waals surface area contributed by atoms with Crippen molar-refractivity contribution in [2.45, 2.75) is 45.5 Å². The second kappa shape index (κ2) is 7.78. The number of aldehydes is 1. The van der Waals surface area contributed by atoms with Crippen molar-refractivity contribution in [3.63, 3.8) is 0 Å². The van der Waals surface area contributed by atoms with Crippen molar-refractivity contribution in [2.24, 2.45) is 0 Å². The van der Waals surface area contributed by atoms with E-state index in [1.165, 1.54) is 0 Å². The van der Waals surface area contributed by atoms with Crippen molar-refractivity contribution in [2.75, 3.05) is 7.11 Å². The van der Waals surface area contributed by atoms with Crippen LogP contribution in [0.25, 0.3) is 0 Å². The molecule has 0 amide bonds. The monoisotopic (exact) mass is 294 g/mol. The molecule has 0 saturated heterocycles. The zero-order valence-corrected chi connectivity index (χ0v) is 12.9. The minimum Gasteiger partial charge on any atom is -0.497 e. The molecule has 21 heavy (non-hydrogen) atoms. The van der Waals surface area contributed by atoms with Gasteiger partial charge < -0.3 is 19.0 Å². The molecule has 1 aromatic carbocycles. The Morgan fingerprint density at radius 3 is 2.33 bits per heavy atom. The Bertz CT molecular complexity index is 459. The van der Waals surface area contributed by atoms with Crippen LogP contribution in [-0.2, 0) is 25.7 Å². The molecule has 0 aliphatic heterocycles. The van der Waals surface area contributed by atoms with E-state index in [0.717, 1.165) is 11.3 Å². The third-order valence-electron chi connectivity index (χ3n) is 2.56. The van der Waals surface area contributed by atoms with Crippen LogP contribution in [0, 0.1) is 0 Å². The third-order valence-corrected chi connectivity index (χ3v) is 2.56. The van der Waals surface area contributed by atoms with Gasteiger partial charge in [0.25, 0.3) is 0 Å². The zero-order valence-electron chi connectivity index (χ0n) is 12.9. The van der Waals surface area contributed by atoms with E-state index in [0.29, 0.717) is 6.29 Å². The summed E-state index contributed by atoms with van der Waals surface area (Å²) in [5, 5.41) is 0. The fourth-order valence-corrected chi connectivity index (χ4v) is 1.62. The predicted octanol–water partition coefficient (Wildman–Crippen LogP) is 2.51. The summed E-state index contributed by atoms with van der Waals surface area (Å²) < 4.78 is 15.6. The molecule has 0 heterocycles. The van der Waals surface area contributed by atoms with Gasteiger partial charge in [-0.25, -0.2) is 0 Å². The van der Waals surface area contributed by atoms with Crippen LogP contribution in [0.4, 0.5) is 0 Å². The molecule has 0 bridgehead atoms. The Morgan fingerprint density at radius 1 is 1.24 bits per heavy atom. The molecule has 5 heteroatoms. The van der Waals surface area contributed by atoms with Gasteiger partial charge in [0.2, 0.25) is 0 Å². The topological polar surface area (TPSA) is 61.8 Å². The normalized spacial score (nSPS) is 12.6. The Labute approximate surface area is 125 Å². The van der Waals surface area contributed by atoms with Gasteiger partial charge in [0.1, 0.15) is 23.7 Å². The van der Waals surface area contributed by atoms with Crippen molar-refractivity contribution in [3.05, 3.63) is 29.8 Å². The number of hydrogen-bond acceptors (Lipinski definition) is 5. The number of carbonyl (C=O) groups is 2. The Hall–Kier alpha value is -1.88. The van der Waals surface area contributed by atoms with Crippen molar-refractivity contribution < 1.29 is 23.8 Å². The number of carbonyl (C=O) groups excluding carboxylic acids is 2. The number of hydrogen-bond donors (Lipinski definition) is 0. The highest BCUT2D eigenvalue weighted by atomic mass is 16.6. The Kier molecular flexibility index (Phi) is 6.37. The largest absolute Gasteiger partial charge is 0.497 e. The van der Waals surface area contributed by atoms with E-state index in [1.807, 2.05) is 24.3 Å². The van der Waals surface area contributed by atoms with Gasteiger partial charge in [-0.05, 0) is 38.5 Å². The predicted molar refractivity (Wildman–Crippen MR) is 78.1 cm³/mol. The van der Waals surface area contributed by atoms with E-state index < -0.39 is 17.7 Å². The number of benzene rings is 1. The van der Waals surface area contributed by atoms with E-state index in [1.54, 1.807) is 27.9 Å². The SMILES string of the molecule is COc1ccc(CO[C@@H](C=O)CC(=O)OC(C)(C)C)cc1. The molecule has 1 rings (SSSR count). The van der Waals surface area contributed by atoms with Crippen LogP contribution in [0.3, 0.4) is 0 Å². The van der Waals surface area contributed by atoms with Gasteiger partial charge in [-0.2, -0.15) is 0 Å². The van der Waals surface area contributed by atoms with Crippen molar-refractivity contribution in [1.29, 1.82) is 0 Å². The van der Waals surface area contributed by atoms with Crippen molar-refractivity contribution in [1.82, 2.24) is 0 Å². The fraction of sp³-hybridized carbons (Fsp3) is 0.500. The maximum absolute atomic E-state index is 11.6. The first-order valence-corrected chi connectivity index (χ1v) is 6.75. The summed E-state index contributed by atoms with van der Waals surface area (Å²) in [4.78, 5) is 22.6. The molecule has 0 radical (unpaired) electrons. The second-order valence-electron chi connectivity index (χ2n) is 5.62. The summed E-state index contributed by atoms with van der Waals surface area (Å²) in [6.45, 7) is 5.58. The molecule has 1 aromatic rings. The van der Waals surface area contributed by atoms with Crippen LogP contribution in [0.15, 0.2) is 24.3 Å². The van der Waals surface area contributed by atoms with Crippen molar-refractivity contribution >= 4 is 12.3 Å². The lowest BCUT2D eigenvalue weighted by atomic mass is 10.2. The minimum absolute atomic E-state index is 0.0864. The minimum atomic E-state index is -0.804. The molecule has 0 aliphatic rings. The fourth-order valence-electron chi connectivity index (χ4n) is 1.62. The highest BCUT2D eigenvalue weighted by Gasteiger charge is 2.20. The molecule has 0 spiro atoms. The molecule has 0 aromatic heterocycles. The lowest BCUT2D eigenvalue weighted by Crippen LogP contribution is -2.28. The summed E-state index contributed by atoms with van der Waals surface area (Å²) in [5.41, 5.74) is 0.326. The molecule has 0 saturated carbocycles. The van der Waals surface area contributed by atoms with Crippen LogP contribution in [-0.4, -0.2) is 31.1 Å². The molecular formula is C16H22O5. The molecule has 5 nitrogen and oxygen atoms in total. The summed E-state index contributed by atoms with van der Waals surface area (Å²) in [7, 11) is 1.59. The molecule has 0 unspecified atom stereocenters. The lowest BCUT2D eigenvalue weighted by Gasteiger charge is -2.20. The molecule has 0 aliphatic carbocycles. The summed E-state index contributed by atoms with van der Waals surface area (Å²) in [5.74, 6) is 0.300. The van der Waals surface area contributed by atoms with E-state index in [9.17, 15) is 9.59 Å². The van der Waals surface area contributed by atoms with Gasteiger partial charge in [-0.1, -0.05) is 12.1 Å². The van der Waals surface area contributed by atoms with E-state index in [-0.39, 0.29) is 13.0 Å². The molecule has 0 N–H and O–H groups in total. The van der Waals surface area contributed by atoms with Crippen LogP contribution >= 0.6 is 0 Å². The van der Waals surface area contributed by atoms with Crippen LogP contribution in [0.1, 0.15) is 32.8 Å². The Morgan fingerprint density at radius 2 is 1.86 bits per heavy atom. The molecular weight excluding hydrogens is 272 g/mol. The first kappa shape index (κ1) is 17.2. The molecule has 1 atom stereocenters. The average Bonchev–Trinajstić information content (AvgIpc) is 2.42. The molecule has 0 fully saturated rings. The quantitative estimate of drug-likeness (QED) is 0.571. The summed E-state index contributed by atoms with van der Waals surface area (Å²) >= 11 is 0. The van der Waals surface area contributed by atoms with Gasteiger partial charge >= 0.3 is 5.97 Å². The van der Waals surface area contributed by atoms with Crippen LogP contribution in [0.5, 0.6) is 5.75 Å². The summed E-state index contributed by atoms with van der Waals surface area (Å²) in [6, 6.07) is 7.30. The van der Waals surface area contributed by atoms with E-state index in [4.69, 9.17) is 14.2 Å². The smallest absolute Gasteiger partial charge is 0.309 e. The third kappa shape index (κ3) is 6.90. The second-order valence-corrected chi connectivity index (χ2v) is 5.62. The lowest BCUT2D eigenvalue weighted by molar-refractivity contribution is -0.159. The van der Waals surface area contributed by atoms with Gasteiger partial charge in [-0.3, -0.25) is 4.79 Å². The zero-order chi connectivity index (χ0) is 15.9. The maximum atomic E-state index is 11.6. The average molecular weight is 294 g/mol.